The molecule has 0 aliphatic rings. The number of anilines is 1. The van der Waals surface area contributed by atoms with Gasteiger partial charge in [0.15, 0.2) is 5.13 Å². The number of aryl methyl sites for hydroxylation is 2. The van der Waals surface area contributed by atoms with Gasteiger partial charge < -0.3 is 10.0 Å². The average molecular weight is 200 g/mol. The Hall–Kier alpha value is -0.610. The van der Waals surface area contributed by atoms with Crippen molar-refractivity contribution in [2.24, 2.45) is 0 Å². The van der Waals surface area contributed by atoms with E-state index < -0.39 is 0 Å². The number of aliphatic hydroxyl groups is 1. The van der Waals surface area contributed by atoms with E-state index in [0.29, 0.717) is 0 Å². The molecule has 1 atom stereocenters. The highest BCUT2D eigenvalue weighted by molar-refractivity contribution is 7.15. The first-order valence-electron chi connectivity index (χ1n) is 4.34. The summed E-state index contributed by atoms with van der Waals surface area (Å²) >= 11 is 1.67. The smallest absolute Gasteiger partial charge is 0.185 e. The van der Waals surface area contributed by atoms with Crippen molar-refractivity contribution in [3.8, 4) is 0 Å². The summed E-state index contributed by atoms with van der Waals surface area (Å²) < 4.78 is 0. The summed E-state index contributed by atoms with van der Waals surface area (Å²) in [6.45, 7) is 6.21. The molecule has 13 heavy (non-hydrogen) atoms. The van der Waals surface area contributed by atoms with Crippen molar-refractivity contribution in [2.75, 3.05) is 18.6 Å². The topological polar surface area (TPSA) is 36.4 Å². The molecule has 0 aromatic carbocycles. The van der Waals surface area contributed by atoms with Gasteiger partial charge in [0.25, 0.3) is 0 Å². The minimum atomic E-state index is 0.130. The Morgan fingerprint density at radius 1 is 1.54 bits per heavy atom. The van der Waals surface area contributed by atoms with Gasteiger partial charge in [-0.25, -0.2) is 4.98 Å². The van der Waals surface area contributed by atoms with Crippen LogP contribution in [0, 0.1) is 13.8 Å². The molecule has 1 rings (SSSR count). The third kappa shape index (κ3) is 2.19. The Morgan fingerprint density at radius 2 is 2.15 bits per heavy atom. The molecular weight excluding hydrogens is 184 g/mol. The minimum absolute atomic E-state index is 0.130. The molecule has 0 radical (unpaired) electrons. The number of hydrogen-bond donors (Lipinski definition) is 1. The molecule has 0 amide bonds. The SMILES string of the molecule is Cc1nc(N(C)C(C)CO)sc1C. The maximum Gasteiger partial charge on any atom is 0.185 e. The van der Waals surface area contributed by atoms with E-state index in [1.807, 2.05) is 25.8 Å². The van der Waals surface area contributed by atoms with Crippen molar-refractivity contribution < 1.29 is 5.11 Å². The summed E-state index contributed by atoms with van der Waals surface area (Å²) in [6, 6.07) is 0.130. The molecule has 1 unspecified atom stereocenters. The van der Waals surface area contributed by atoms with Crippen molar-refractivity contribution >= 4 is 16.5 Å². The van der Waals surface area contributed by atoms with Gasteiger partial charge in [0.05, 0.1) is 18.3 Å². The molecule has 1 aromatic heterocycles. The highest BCUT2D eigenvalue weighted by Crippen LogP contribution is 2.25. The van der Waals surface area contributed by atoms with E-state index in [1.165, 1.54) is 4.88 Å². The van der Waals surface area contributed by atoms with Crippen molar-refractivity contribution in [2.45, 2.75) is 26.8 Å². The lowest BCUT2D eigenvalue weighted by molar-refractivity contribution is 0.270. The number of rotatable bonds is 3. The van der Waals surface area contributed by atoms with Gasteiger partial charge in [0.2, 0.25) is 0 Å². The van der Waals surface area contributed by atoms with Crippen LogP contribution in [0.2, 0.25) is 0 Å². The molecule has 1 N–H and O–H groups in total. The quantitative estimate of drug-likeness (QED) is 0.804. The van der Waals surface area contributed by atoms with Crippen LogP contribution in [0.4, 0.5) is 5.13 Å². The second-order valence-corrected chi connectivity index (χ2v) is 4.46. The molecule has 4 heteroatoms. The Balaban J connectivity index is 2.82. The molecule has 0 bridgehead atoms. The van der Waals surface area contributed by atoms with Crippen molar-refractivity contribution in [1.29, 1.82) is 0 Å². The second-order valence-electron chi connectivity index (χ2n) is 3.28. The standard InChI is InChI=1S/C9H16N2OS/c1-6(5-12)11(4)9-10-7(2)8(3)13-9/h6,12H,5H2,1-4H3. The van der Waals surface area contributed by atoms with Crippen LogP contribution in [-0.2, 0) is 0 Å². The molecule has 3 nitrogen and oxygen atoms in total. The van der Waals surface area contributed by atoms with Crippen LogP contribution >= 0.6 is 11.3 Å². The van der Waals surface area contributed by atoms with Crippen LogP contribution in [0.15, 0.2) is 0 Å². The fourth-order valence-corrected chi connectivity index (χ4v) is 1.89. The van der Waals surface area contributed by atoms with E-state index >= 15 is 0 Å². The summed E-state index contributed by atoms with van der Waals surface area (Å²) in [4.78, 5) is 7.66. The van der Waals surface area contributed by atoms with E-state index in [-0.39, 0.29) is 12.6 Å². The van der Waals surface area contributed by atoms with Crippen molar-refractivity contribution in [3.63, 3.8) is 0 Å². The zero-order chi connectivity index (χ0) is 10.0. The number of aliphatic hydroxyl groups excluding tert-OH is 1. The van der Waals surface area contributed by atoms with Crippen LogP contribution in [0.5, 0.6) is 0 Å². The third-order valence-electron chi connectivity index (χ3n) is 2.24. The van der Waals surface area contributed by atoms with Gasteiger partial charge in [-0.15, -0.1) is 11.3 Å². The monoisotopic (exact) mass is 200 g/mol. The van der Waals surface area contributed by atoms with E-state index in [2.05, 4.69) is 11.9 Å². The maximum absolute atomic E-state index is 8.98. The fraction of sp³-hybridized carbons (Fsp3) is 0.667. The number of likely N-dealkylation sites (N-methyl/N-ethyl adjacent to an activating group) is 1. The molecule has 0 spiro atoms. The van der Waals surface area contributed by atoms with Gasteiger partial charge >= 0.3 is 0 Å². The Bertz CT molecular complexity index is 266. The number of aromatic nitrogens is 1. The molecule has 0 aliphatic heterocycles. The Morgan fingerprint density at radius 3 is 2.54 bits per heavy atom. The molecule has 0 saturated carbocycles. The predicted octanol–water partition coefficient (Wildman–Crippen LogP) is 1.58. The van der Waals surface area contributed by atoms with Gasteiger partial charge in [-0.2, -0.15) is 0 Å². The summed E-state index contributed by atoms with van der Waals surface area (Å²) in [5, 5.41) is 9.96. The zero-order valence-electron chi connectivity index (χ0n) is 8.53. The zero-order valence-corrected chi connectivity index (χ0v) is 9.35. The summed E-state index contributed by atoms with van der Waals surface area (Å²) in [6.07, 6.45) is 0. The molecule has 0 saturated heterocycles. The first kappa shape index (κ1) is 10.5. The van der Waals surface area contributed by atoms with Crippen LogP contribution in [0.25, 0.3) is 0 Å². The van der Waals surface area contributed by atoms with Crippen LogP contribution in [0.1, 0.15) is 17.5 Å². The highest BCUT2D eigenvalue weighted by Gasteiger charge is 2.13. The normalized spacial score (nSPS) is 13.0. The second kappa shape index (κ2) is 4.07. The molecule has 0 fully saturated rings. The first-order valence-corrected chi connectivity index (χ1v) is 5.15. The summed E-state index contributed by atoms with van der Waals surface area (Å²) in [5.74, 6) is 0. The molecular formula is C9H16N2OS. The predicted molar refractivity (Wildman–Crippen MR) is 56.5 cm³/mol. The van der Waals surface area contributed by atoms with Crippen LogP contribution < -0.4 is 4.90 Å². The van der Waals surface area contributed by atoms with E-state index in [1.54, 1.807) is 11.3 Å². The molecule has 1 heterocycles. The summed E-state index contributed by atoms with van der Waals surface area (Å²) in [7, 11) is 1.96. The Labute approximate surface area is 83.0 Å². The lowest BCUT2D eigenvalue weighted by atomic mass is 10.3. The third-order valence-corrected chi connectivity index (χ3v) is 3.41. The van der Waals surface area contributed by atoms with Crippen molar-refractivity contribution in [3.05, 3.63) is 10.6 Å². The van der Waals surface area contributed by atoms with E-state index in [9.17, 15) is 0 Å². The van der Waals surface area contributed by atoms with E-state index in [0.717, 1.165) is 10.8 Å². The van der Waals surface area contributed by atoms with Crippen molar-refractivity contribution in [1.82, 2.24) is 4.98 Å². The van der Waals surface area contributed by atoms with E-state index in [4.69, 9.17) is 5.11 Å². The van der Waals surface area contributed by atoms with Gasteiger partial charge in [0, 0.05) is 11.9 Å². The maximum atomic E-state index is 8.98. The molecule has 74 valence electrons. The largest absolute Gasteiger partial charge is 0.394 e. The Kier molecular flexibility index (Phi) is 3.27. The van der Waals surface area contributed by atoms with Crippen LogP contribution in [-0.4, -0.2) is 29.8 Å². The van der Waals surface area contributed by atoms with Gasteiger partial charge in [-0.05, 0) is 20.8 Å². The van der Waals surface area contributed by atoms with Gasteiger partial charge in [0.1, 0.15) is 0 Å². The lowest BCUT2D eigenvalue weighted by Gasteiger charge is -2.21. The van der Waals surface area contributed by atoms with Crippen LogP contribution in [0.3, 0.4) is 0 Å². The first-order chi connectivity index (χ1) is 6.06. The number of nitrogens with zero attached hydrogens (tertiary/aromatic N) is 2. The van der Waals surface area contributed by atoms with Gasteiger partial charge in [-0.3, -0.25) is 0 Å². The number of hydrogen-bond acceptors (Lipinski definition) is 4. The molecule has 0 aliphatic carbocycles. The van der Waals surface area contributed by atoms with Gasteiger partial charge in [-0.1, -0.05) is 0 Å². The minimum Gasteiger partial charge on any atom is -0.394 e. The highest BCUT2D eigenvalue weighted by atomic mass is 32.1. The average Bonchev–Trinajstić information content (AvgIpc) is 2.44. The lowest BCUT2D eigenvalue weighted by Crippen LogP contribution is -2.31. The fourth-order valence-electron chi connectivity index (χ4n) is 0.918. The number of thiazole rings is 1. The summed E-state index contributed by atoms with van der Waals surface area (Å²) in [5.41, 5.74) is 1.08. The molecule has 1 aromatic rings.